The quantitative estimate of drug-likeness (QED) is 0.857. The summed E-state index contributed by atoms with van der Waals surface area (Å²) in [5.74, 6) is -0.171. The van der Waals surface area contributed by atoms with Crippen LogP contribution in [0.25, 0.3) is 16.5 Å². The first-order valence-electron chi connectivity index (χ1n) is 6.46. The van der Waals surface area contributed by atoms with Crippen LogP contribution in [0.15, 0.2) is 30.5 Å². The van der Waals surface area contributed by atoms with Crippen LogP contribution >= 0.6 is 0 Å². The van der Waals surface area contributed by atoms with Crippen LogP contribution in [0, 0.1) is 5.82 Å². The van der Waals surface area contributed by atoms with Crippen molar-refractivity contribution in [2.75, 3.05) is 19.6 Å². The smallest absolute Gasteiger partial charge is 0.123 e. The molecule has 0 saturated carbocycles. The highest BCUT2D eigenvalue weighted by Crippen LogP contribution is 2.29. The molecule has 0 saturated heterocycles. The van der Waals surface area contributed by atoms with E-state index in [0.29, 0.717) is 0 Å². The van der Waals surface area contributed by atoms with Crippen LogP contribution in [0.5, 0.6) is 0 Å². The number of hydrogen-bond acceptors (Lipinski definition) is 1. The minimum Gasteiger partial charge on any atom is -0.361 e. The van der Waals surface area contributed by atoms with Crippen molar-refractivity contribution in [1.29, 1.82) is 0 Å². The van der Waals surface area contributed by atoms with Gasteiger partial charge >= 0.3 is 0 Å². The Kier molecular flexibility index (Phi) is 2.92. The van der Waals surface area contributed by atoms with Crippen LogP contribution in [0.1, 0.15) is 18.9 Å². The van der Waals surface area contributed by atoms with Gasteiger partial charge in [0.25, 0.3) is 0 Å². The second kappa shape index (κ2) is 4.58. The largest absolute Gasteiger partial charge is 0.361 e. The standard InChI is InChI=1S/C15H17FN2/c1-2-18-7-5-11(6-8-18)14-10-17-15-4-3-12(16)9-13(14)15/h3-5,9-10,17H,2,6-8H2,1H3. The number of likely N-dealkylation sites (N-methyl/N-ethyl adjacent to an activating group) is 1. The molecule has 2 aromatic rings. The minimum absolute atomic E-state index is 0.171. The molecule has 2 nitrogen and oxygen atoms in total. The fraction of sp³-hybridized carbons (Fsp3) is 0.333. The van der Waals surface area contributed by atoms with Gasteiger partial charge in [-0.1, -0.05) is 13.0 Å². The number of nitrogens with one attached hydrogen (secondary N) is 1. The number of H-pyrrole nitrogens is 1. The molecule has 0 unspecified atom stereocenters. The topological polar surface area (TPSA) is 19.0 Å². The summed E-state index contributed by atoms with van der Waals surface area (Å²) in [5, 5.41) is 0.992. The first kappa shape index (κ1) is 11.5. The van der Waals surface area contributed by atoms with Crippen LogP contribution < -0.4 is 0 Å². The zero-order chi connectivity index (χ0) is 12.5. The minimum atomic E-state index is -0.171. The highest BCUT2D eigenvalue weighted by molar-refractivity contribution is 5.92. The van der Waals surface area contributed by atoms with Crippen LogP contribution in [-0.4, -0.2) is 29.5 Å². The fourth-order valence-electron chi connectivity index (χ4n) is 2.60. The van der Waals surface area contributed by atoms with Gasteiger partial charge in [-0.3, -0.25) is 4.90 Å². The van der Waals surface area contributed by atoms with Gasteiger partial charge in [0.15, 0.2) is 0 Å². The number of nitrogens with zero attached hydrogens (tertiary/aromatic N) is 1. The molecule has 1 aliphatic heterocycles. The molecular weight excluding hydrogens is 227 g/mol. The van der Waals surface area contributed by atoms with Crippen molar-refractivity contribution >= 4 is 16.5 Å². The molecule has 18 heavy (non-hydrogen) atoms. The third-order valence-corrected chi connectivity index (χ3v) is 3.73. The van der Waals surface area contributed by atoms with E-state index in [0.717, 1.165) is 42.5 Å². The molecule has 2 heterocycles. The third kappa shape index (κ3) is 1.95. The second-order valence-corrected chi connectivity index (χ2v) is 4.76. The summed E-state index contributed by atoms with van der Waals surface area (Å²) in [7, 11) is 0. The normalized spacial score (nSPS) is 17.1. The summed E-state index contributed by atoms with van der Waals surface area (Å²) in [5.41, 5.74) is 3.49. The molecule has 1 aliphatic rings. The Balaban J connectivity index is 2.00. The molecule has 1 N–H and O–H groups in total. The average Bonchev–Trinajstić information content (AvgIpc) is 2.82. The Morgan fingerprint density at radius 1 is 1.39 bits per heavy atom. The summed E-state index contributed by atoms with van der Waals surface area (Å²) < 4.78 is 13.3. The van der Waals surface area contributed by atoms with Gasteiger partial charge in [0.1, 0.15) is 5.82 Å². The Hall–Kier alpha value is -1.61. The Labute approximate surface area is 106 Å². The molecule has 0 spiro atoms. The van der Waals surface area contributed by atoms with E-state index in [9.17, 15) is 4.39 Å². The molecule has 94 valence electrons. The molecule has 0 bridgehead atoms. The number of fused-ring (bicyclic) bond motifs is 1. The Bertz CT molecular complexity index is 598. The van der Waals surface area contributed by atoms with Gasteiger partial charge in [-0.15, -0.1) is 0 Å². The Morgan fingerprint density at radius 3 is 3.00 bits per heavy atom. The predicted molar refractivity (Wildman–Crippen MR) is 73.0 cm³/mol. The van der Waals surface area contributed by atoms with Gasteiger partial charge in [0, 0.05) is 35.8 Å². The van der Waals surface area contributed by atoms with Crippen LogP contribution in [-0.2, 0) is 0 Å². The summed E-state index contributed by atoms with van der Waals surface area (Å²) in [6.07, 6.45) is 5.30. The summed E-state index contributed by atoms with van der Waals surface area (Å²) in [6.45, 7) is 5.35. The van der Waals surface area contributed by atoms with Crippen molar-refractivity contribution < 1.29 is 4.39 Å². The van der Waals surface area contributed by atoms with Gasteiger partial charge in [-0.05, 0) is 36.7 Å². The van der Waals surface area contributed by atoms with E-state index in [1.54, 1.807) is 12.1 Å². The molecule has 1 aromatic heterocycles. The lowest BCUT2D eigenvalue weighted by molar-refractivity contribution is 0.319. The number of aromatic amines is 1. The van der Waals surface area contributed by atoms with Crippen LogP contribution in [0.3, 0.4) is 0 Å². The van der Waals surface area contributed by atoms with Crippen molar-refractivity contribution in [3.05, 3.63) is 41.9 Å². The van der Waals surface area contributed by atoms with E-state index in [1.807, 2.05) is 6.20 Å². The van der Waals surface area contributed by atoms with Crippen LogP contribution in [0.4, 0.5) is 4.39 Å². The number of benzene rings is 1. The predicted octanol–water partition coefficient (Wildman–Crippen LogP) is 3.42. The maximum absolute atomic E-state index is 13.3. The number of aromatic nitrogens is 1. The van der Waals surface area contributed by atoms with E-state index < -0.39 is 0 Å². The molecule has 0 aliphatic carbocycles. The Morgan fingerprint density at radius 2 is 2.28 bits per heavy atom. The lowest BCUT2D eigenvalue weighted by Crippen LogP contribution is -2.27. The summed E-state index contributed by atoms with van der Waals surface area (Å²) in [6, 6.07) is 4.92. The maximum atomic E-state index is 13.3. The molecular formula is C15H17FN2. The highest BCUT2D eigenvalue weighted by atomic mass is 19.1. The van der Waals surface area contributed by atoms with Gasteiger partial charge in [-0.25, -0.2) is 4.39 Å². The zero-order valence-electron chi connectivity index (χ0n) is 10.5. The second-order valence-electron chi connectivity index (χ2n) is 4.76. The molecule has 0 amide bonds. The number of rotatable bonds is 2. The number of hydrogen-bond donors (Lipinski definition) is 1. The van der Waals surface area contributed by atoms with Gasteiger partial charge in [0.2, 0.25) is 0 Å². The molecule has 0 atom stereocenters. The highest BCUT2D eigenvalue weighted by Gasteiger charge is 2.14. The van der Waals surface area contributed by atoms with Crippen molar-refractivity contribution in [3.63, 3.8) is 0 Å². The van der Waals surface area contributed by atoms with Crippen molar-refractivity contribution in [3.8, 4) is 0 Å². The third-order valence-electron chi connectivity index (χ3n) is 3.73. The molecule has 0 fully saturated rings. The maximum Gasteiger partial charge on any atom is 0.123 e. The van der Waals surface area contributed by atoms with Gasteiger partial charge in [-0.2, -0.15) is 0 Å². The van der Waals surface area contributed by atoms with E-state index in [4.69, 9.17) is 0 Å². The van der Waals surface area contributed by atoms with Gasteiger partial charge < -0.3 is 4.98 Å². The fourth-order valence-corrected chi connectivity index (χ4v) is 2.60. The van der Waals surface area contributed by atoms with E-state index in [-0.39, 0.29) is 5.82 Å². The number of halogens is 1. The summed E-state index contributed by atoms with van der Waals surface area (Å²) in [4.78, 5) is 5.62. The van der Waals surface area contributed by atoms with Gasteiger partial charge in [0.05, 0.1) is 0 Å². The lowest BCUT2D eigenvalue weighted by atomic mass is 9.99. The van der Waals surface area contributed by atoms with Crippen molar-refractivity contribution in [2.24, 2.45) is 0 Å². The lowest BCUT2D eigenvalue weighted by Gasteiger charge is -2.24. The monoisotopic (exact) mass is 244 g/mol. The molecule has 3 heteroatoms. The van der Waals surface area contributed by atoms with E-state index in [1.165, 1.54) is 11.6 Å². The van der Waals surface area contributed by atoms with E-state index >= 15 is 0 Å². The first-order chi connectivity index (χ1) is 8.78. The van der Waals surface area contributed by atoms with Crippen molar-refractivity contribution in [2.45, 2.75) is 13.3 Å². The molecule has 1 aromatic carbocycles. The summed E-state index contributed by atoms with van der Waals surface area (Å²) >= 11 is 0. The SMILES string of the molecule is CCN1CC=C(c2c[nH]c3ccc(F)cc23)CC1. The van der Waals surface area contributed by atoms with Crippen LogP contribution in [0.2, 0.25) is 0 Å². The molecule has 3 rings (SSSR count). The van der Waals surface area contributed by atoms with Crippen molar-refractivity contribution in [1.82, 2.24) is 9.88 Å². The zero-order valence-corrected chi connectivity index (χ0v) is 10.5. The molecule has 0 radical (unpaired) electrons. The first-order valence-corrected chi connectivity index (χ1v) is 6.46. The average molecular weight is 244 g/mol. The van der Waals surface area contributed by atoms with E-state index in [2.05, 4.69) is 22.9 Å².